The fraction of sp³-hybridized carbons (Fsp3) is 0.0500. The van der Waals surface area contributed by atoms with Gasteiger partial charge in [0.1, 0.15) is 0 Å². The number of nitriles is 2. The monoisotopic (exact) mass is 885 g/mol. The van der Waals surface area contributed by atoms with Crippen molar-refractivity contribution < 1.29 is 53.2 Å². The first-order valence-electron chi connectivity index (χ1n) is 16.2. The molecule has 0 unspecified atom stereocenters. The van der Waals surface area contributed by atoms with Crippen LogP contribution in [0.2, 0.25) is 0 Å². The molecule has 0 saturated heterocycles. The molecule has 0 spiro atoms. The average molecular weight is 886 g/mol. The van der Waals surface area contributed by atoms with Gasteiger partial charge in [0.25, 0.3) is 0 Å². The summed E-state index contributed by atoms with van der Waals surface area (Å²) in [6.45, 7) is 2.27. The SMILES string of the molecule is CCP(c1ccccc1)c1ccccc1.F[B-](F)(F)F.F[B-](F)(F)F.N#Cc1ccccc1.N#Cc1ccccc1.[Pd+2][P](c1ccccc1)c1ccccc1. The van der Waals surface area contributed by atoms with E-state index >= 15 is 0 Å². The zero-order valence-corrected chi connectivity index (χ0v) is 32.7. The second-order valence-corrected chi connectivity index (χ2v) is 16.4. The third-order valence-electron chi connectivity index (χ3n) is 6.19. The van der Waals surface area contributed by atoms with Crippen LogP contribution in [0.15, 0.2) is 182 Å². The molecule has 0 atom stereocenters. The van der Waals surface area contributed by atoms with Crippen LogP contribution in [0.1, 0.15) is 18.1 Å². The molecule has 287 valence electrons. The van der Waals surface area contributed by atoms with E-state index < -0.39 is 14.5 Å². The Balaban J connectivity index is 0.000000348. The van der Waals surface area contributed by atoms with Crippen LogP contribution in [0.3, 0.4) is 0 Å². The summed E-state index contributed by atoms with van der Waals surface area (Å²) < 4.78 is 78.0. The van der Waals surface area contributed by atoms with E-state index in [0.29, 0.717) is 11.1 Å². The molecule has 0 bridgehead atoms. The molecule has 0 heterocycles. The molecule has 0 aliphatic heterocycles. The molecule has 0 aliphatic rings. The predicted molar refractivity (Wildman–Crippen MR) is 211 cm³/mol. The summed E-state index contributed by atoms with van der Waals surface area (Å²) >= 11 is 3.47. The molecule has 15 heteroatoms. The second-order valence-electron chi connectivity index (χ2n) is 10.3. The van der Waals surface area contributed by atoms with Gasteiger partial charge in [-0.15, -0.1) is 0 Å². The van der Waals surface area contributed by atoms with Gasteiger partial charge in [-0.25, -0.2) is 0 Å². The predicted octanol–water partition coefficient (Wildman–Crippen LogP) is 11.4. The van der Waals surface area contributed by atoms with E-state index in [2.05, 4.69) is 147 Å². The second kappa shape index (κ2) is 27.9. The van der Waals surface area contributed by atoms with Crippen LogP contribution >= 0.6 is 14.0 Å². The van der Waals surface area contributed by atoms with Gasteiger partial charge >= 0.3 is 111 Å². The Hall–Kier alpha value is -4.61. The van der Waals surface area contributed by atoms with E-state index in [1.165, 1.54) is 27.4 Å². The first kappa shape index (κ1) is 48.4. The van der Waals surface area contributed by atoms with Gasteiger partial charge in [0.15, 0.2) is 0 Å². The topological polar surface area (TPSA) is 47.6 Å². The summed E-state index contributed by atoms with van der Waals surface area (Å²) in [5, 5.41) is 22.3. The molecular weight excluding hydrogens is 850 g/mol. The summed E-state index contributed by atoms with van der Waals surface area (Å²) in [4.78, 5) is 0. The molecule has 6 aromatic rings. The van der Waals surface area contributed by atoms with E-state index in [9.17, 15) is 34.5 Å². The Labute approximate surface area is 330 Å². The van der Waals surface area contributed by atoms with Crippen molar-refractivity contribution in [2.75, 3.05) is 6.16 Å². The third-order valence-corrected chi connectivity index (χ3v) is 12.5. The van der Waals surface area contributed by atoms with E-state index in [4.69, 9.17) is 10.5 Å². The summed E-state index contributed by atoms with van der Waals surface area (Å²) in [6.07, 6.45) is 0.891. The minimum absolute atomic E-state index is 0.149. The number of hydrogen-bond acceptors (Lipinski definition) is 2. The van der Waals surface area contributed by atoms with Crippen molar-refractivity contribution in [3.05, 3.63) is 193 Å². The molecule has 6 rings (SSSR count). The molecule has 0 saturated carbocycles. The minimum atomic E-state index is -6.00. The van der Waals surface area contributed by atoms with E-state index in [1.54, 1.807) is 24.3 Å². The fourth-order valence-electron chi connectivity index (χ4n) is 4.00. The Morgan fingerprint density at radius 1 is 0.418 bits per heavy atom. The molecule has 55 heavy (non-hydrogen) atoms. The van der Waals surface area contributed by atoms with Crippen LogP contribution in [-0.4, -0.2) is 20.7 Å². The molecule has 0 aliphatic carbocycles. The van der Waals surface area contributed by atoms with Crippen LogP contribution in [0.4, 0.5) is 34.5 Å². The Morgan fingerprint density at radius 2 is 0.618 bits per heavy atom. The van der Waals surface area contributed by atoms with Gasteiger partial charge < -0.3 is 34.5 Å². The maximum atomic E-state index is 9.75. The normalized spacial score (nSPS) is 10.0. The average Bonchev–Trinajstić information content (AvgIpc) is 3.19. The van der Waals surface area contributed by atoms with Crippen molar-refractivity contribution in [3.8, 4) is 12.1 Å². The van der Waals surface area contributed by atoms with Crippen LogP contribution in [0, 0.1) is 22.7 Å². The van der Waals surface area contributed by atoms with Crippen LogP contribution in [-0.2, 0) is 18.7 Å². The first-order valence-corrected chi connectivity index (χ1v) is 21.0. The number of rotatable bonds is 5. The maximum absolute atomic E-state index is 9.75. The number of hydrogen-bond donors (Lipinski definition) is 0. The summed E-state index contributed by atoms with van der Waals surface area (Å²) in [5.74, 6) is 0. The van der Waals surface area contributed by atoms with E-state index in [0.717, 1.165) is 0 Å². The Kier molecular flexibility index (Phi) is 24.6. The summed E-state index contributed by atoms with van der Waals surface area (Å²) in [7, 11) is -12.1. The van der Waals surface area contributed by atoms with Crippen molar-refractivity contribution in [1.82, 2.24) is 0 Å². The quantitative estimate of drug-likeness (QED) is 0.0984. The fourth-order valence-corrected chi connectivity index (χ4v) is 8.62. The van der Waals surface area contributed by atoms with Gasteiger partial charge in [0, 0.05) is 0 Å². The van der Waals surface area contributed by atoms with Gasteiger partial charge in [-0.3, -0.25) is 0 Å². The standard InChI is InChI=1S/C14H15P.C12H10P.2C7H5N.2BF4.Pd/c1-2-15(13-9-5-3-6-10-13)14-11-7-4-8-12-14;1-3-7-11(8-4-1)13-12-9-5-2-6-10-12;2*8-6-7-4-2-1-3-5-7;2*2-1(3,4)5;/h3-12H,2H2,1H3;1-10H;2*1-5H;;;/q;-1;;;2*-1;+3. The molecular formula is C40H35B2F8N2P2Pd. The van der Waals surface area contributed by atoms with Crippen LogP contribution < -0.4 is 21.2 Å². The van der Waals surface area contributed by atoms with Crippen LogP contribution in [0.5, 0.6) is 0 Å². The van der Waals surface area contributed by atoms with Gasteiger partial charge in [-0.05, 0) is 49.0 Å². The van der Waals surface area contributed by atoms with E-state index in [1.807, 2.05) is 48.5 Å². The van der Waals surface area contributed by atoms with Crippen molar-refractivity contribution in [1.29, 1.82) is 10.5 Å². The van der Waals surface area contributed by atoms with E-state index in [-0.39, 0.29) is 14.0 Å². The molecule has 2 nitrogen and oxygen atoms in total. The van der Waals surface area contributed by atoms with Gasteiger partial charge in [-0.1, -0.05) is 104 Å². The van der Waals surface area contributed by atoms with Crippen molar-refractivity contribution in [3.63, 3.8) is 0 Å². The molecule has 0 aromatic heterocycles. The van der Waals surface area contributed by atoms with Crippen LogP contribution in [0.25, 0.3) is 0 Å². The number of benzene rings is 6. The Morgan fingerprint density at radius 3 is 0.800 bits per heavy atom. The Bertz CT molecular complexity index is 1770. The van der Waals surface area contributed by atoms with Crippen molar-refractivity contribution in [2.45, 2.75) is 6.92 Å². The number of nitrogens with zero attached hydrogens (tertiary/aromatic N) is 2. The summed E-state index contributed by atoms with van der Waals surface area (Å²) in [6, 6.07) is 65.1. The first-order chi connectivity index (χ1) is 26.2. The zero-order valence-electron chi connectivity index (χ0n) is 29.3. The van der Waals surface area contributed by atoms with Gasteiger partial charge in [-0.2, -0.15) is 10.5 Å². The molecule has 6 aromatic carbocycles. The summed E-state index contributed by atoms with van der Waals surface area (Å²) in [5.41, 5.74) is 1.43. The van der Waals surface area contributed by atoms with Gasteiger partial charge in [0.2, 0.25) is 0 Å². The van der Waals surface area contributed by atoms with Crippen molar-refractivity contribution >= 4 is 49.8 Å². The molecule has 0 N–H and O–H groups in total. The molecule has 0 amide bonds. The molecule has 0 fully saturated rings. The van der Waals surface area contributed by atoms with Crippen molar-refractivity contribution in [2.24, 2.45) is 0 Å². The number of halogens is 8. The van der Waals surface area contributed by atoms with Gasteiger partial charge in [0.05, 0.1) is 23.3 Å². The molecule has 0 radical (unpaired) electrons. The zero-order chi connectivity index (χ0) is 41.0. The third kappa shape index (κ3) is 25.9.